The van der Waals surface area contributed by atoms with Crippen LogP contribution in [0, 0.1) is 5.92 Å². The summed E-state index contributed by atoms with van der Waals surface area (Å²) in [7, 11) is 0. The van der Waals surface area contributed by atoms with E-state index < -0.39 is 0 Å². The van der Waals surface area contributed by atoms with Crippen LogP contribution in [0.15, 0.2) is 30.3 Å². The van der Waals surface area contributed by atoms with Crippen molar-refractivity contribution in [2.75, 3.05) is 5.32 Å². The molecule has 8 heteroatoms. The summed E-state index contributed by atoms with van der Waals surface area (Å²) in [5, 5.41) is 17.2. The van der Waals surface area contributed by atoms with Gasteiger partial charge in [-0.3, -0.25) is 15.4 Å². The second kappa shape index (κ2) is 6.89. The molecule has 21 heavy (non-hydrogen) atoms. The molecule has 0 aliphatic heterocycles. The molecular formula is C13H16N6OS. The molecule has 0 saturated carbocycles. The third-order valence-electron chi connectivity index (χ3n) is 2.47. The molecule has 2 N–H and O–H groups in total. The summed E-state index contributed by atoms with van der Waals surface area (Å²) in [4.78, 5) is 13.4. The lowest BCUT2D eigenvalue weighted by atomic mass is 10.2. The van der Waals surface area contributed by atoms with Gasteiger partial charge in [-0.05, 0) is 35.5 Å². The van der Waals surface area contributed by atoms with E-state index >= 15 is 0 Å². The third-order valence-corrected chi connectivity index (χ3v) is 2.67. The number of anilines is 1. The highest BCUT2D eigenvalue weighted by Gasteiger charge is 2.10. The molecule has 110 valence electrons. The predicted octanol–water partition coefficient (Wildman–Crippen LogP) is 1.46. The van der Waals surface area contributed by atoms with Crippen LogP contribution in [0.2, 0.25) is 0 Å². The number of rotatable bonds is 4. The zero-order valence-corrected chi connectivity index (χ0v) is 12.6. The van der Waals surface area contributed by atoms with Crippen molar-refractivity contribution in [2.45, 2.75) is 20.4 Å². The van der Waals surface area contributed by atoms with E-state index in [2.05, 4.69) is 39.9 Å². The lowest BCUT2D eigenvalue weighted by Gasteiger charge is -2.06. The lowest BCUT2D eigenvalue weighted by Crippen LogP contribution is -2.34. The zero-order chi connectivity index (χ0) is 15.2. The molecule has 0 bridgehead atoms. The topological polar surface area (TPSA) is 84.7 Å². The Morgan fingerprint density at radius 3 is 2.71 bits per heavy atom. The molecule has 1 heterocycles. The number of thiocarbonyl (C=S) groups is 1. The van der Waals surface area contributed by atoms with Gasteiger partial charge in [0.1, 0.15) is 0 Å². The molecule has 0 atom stereocenters. The van der Waals surface area contributed by atoms with Crippen LogP contribution in [-0.4, -0.2) is 31.2 Å². The Balaban J connectivity index is 1.90. The summed E-state index contributed by atoms with van der Waals surface area (Å²) in [6.07, 6.45) is 0. The van der Waals surface area contributed by atoms with Gasteiger partial charge in [0.25, 0.3) is 11.9 Å². The van der Waals surface area contributed by atoms with Crippen LogP contribution >= 0.6 is 12.2 Å². The molecule has 2 aromatic rings. The SMILES string of the molecule is CC(C)Cn1nnc(NC(=S)NC(=O)c2ccccc2)n1. The molecular weight excluding hydrogens is 288 g/mol. The molecule has 0 unspecified atom stereocenters. The molecule has 7 nitrogen and oxygen atoms in total. The Hall–Kier alpha value is -2.35. The summed E-state index contributed by atoms with van der Waals surface area (Å²) >= 11 is 5.05. The molecule has 0 radical (unpaired) electrons. The number of tetrazole rings is 1. The first-order valence-corrected chi connectivity index (χ1v) is 6.90. The van der Waals surface area contributed by atoms with Crippen LogP contribution in [0.25, 0.3) is 0 Å². The van der Waals surface area contributed by atoms with Crippen molar-refractivity contribution < 1.29 is 4.79 Å². The minimum absolute atomic E-state index is 0.132. The monoisotopic (exact) mass is 304 g/mol. The number of nitrogens with one attached hydrogen (secondary N) is 2. The van der Waals surface area contributed by atoms with Crippen molar-refractivity contribution in [3.8, 4) is 0 Å². The van der Waals surface area contributed by atoms with Crippen LogP contribution in [0.5, 0.6) is 0 Å². The average Bonchev–Trinajstić information content (AvgIpc) is 2.85. The molecule has 0 aliphatic carbocycles. The standard InChI is InChI=1S/C13H16N6OS/c1-9(2)8-19-17-12(16-18-19)15-13(21)14-11(20)10-6-4-3-5-7-10/h3-7,9H,8H2,1-2H3,(H2,14,15,17,20,21). The summed E-state index contributed by atoms with van der Waals surface area (Å²) < 4.78 is 0. The number of nitrogens with zero attached hydrogens (tertiary/aromatic N) is 4. The maximum Gasteiger partial charge on any atom is 0.269 e. The van der Waals surface area contributed by atoms with E-state index in [1.54, 1.807) is 24.3 Å². The molecule has 1 amide bonds. The van der Waals surface area contributed by atoms with E-state index in [9.17, 15) is 4.79 Å². The van der Waals surface area contributed by atoms with Gasteiger partial charge >= 0.3 is 0 Å². The van der Waals surface area contributed by atoms with Crippen molar-refractivity contribution in [3.63, 3.8) is 0 Å². The van der Waals surface area contributed by atoms with Gasteiger partial charge in [0.05, 0.1) is 6.54 Å². The van der Waals surface area contributed by atoms with E-state index in [1.807, 2.05) is 6.07 Å². The fraction of sp³-hybridized carbons (Fsp3) is 0.308. The quantitative estimate of drug-likeness (QED) is 0.832. The maximum absolute atomic E-state index is 11.9. The van der Waals surface area contributed by atoms with E-state index in [0.29, 0.717) is 18.0 Å². The highest BCUT2D eigenvalue weighted by Crippen LogP contribution is 2.00. The number of benzene rings is 1. The Bertz CT molecular complexity index is 625. The van der Waals surface area contributed by atoms with Gasteiger partial charge in [0.2, 0.25) is 0 Å². The minimum atomic E-state index is -0.289. The Labute approximate surface area is 127 Å². The number of hydrogen-bond acceptors (Lipinski definition) is 5. The summed E-state index contributed by atoms with van der Waals surface area (Å²) in [6, 6.07) is 8.81. The van der Waals surface area contributed by atoms with Gasteiger partial charge in [0, 0.05) is 5.56 Å². The number of carbonyl (C=O) groups is 1. The lowest BCUT2D eigenvalue weighted by molar-refractivity contribution is 0.0977. The van der Waals surface area contributed by atoms with Gasteiger partial charge < -0.3 is 0 Å². The largest absolute Gasteiger partial charge is 0.299 e. The van der Waals surface area contributed by atoms with E-state index in [-0.39, 0.29) is 17.0 Å². The first kappa shape index (κ1) is 15.0. The molecule has 0 aliphatic rings. The van der Waals surface area contributed by atoms with Crippen LogP contribution in [0.1, 0.15) is 24.2 Å². The maximum atomic E-state index is 11.9. The normalized spacial score (nSPS) is 10.4. The van der Waals surface area contributed by atoms with Crippen molar-refractivity contribution in [1.29, 1.82) is 0 Å². The first-order valence-electron chi connectivity index (χ1n) is 6.50. The fourth-order valence-electron chi connectivity index (χ4n) is 1.59. The number of hydrogen-bond donors (Lipinski definition) is 2. The Kier molecular flexibility index (Phi) is 4.94. The van der Waals surface area contributed by atoms with E-state index in [0.717, 1.165) is 0 Å². The smallest absolute Gasteiger partial charge is 0.269 e. The van der Waals surface area contributed by atoms with Crippen LogP contribution in [-0.2, 0) is 6.54 Å². The van der Waals surface area contributed by atoms with E-state index in [4.69, 9.17) is 12.2 Å². The first-order chi connectivity index (χ1) is 10.0. The van der Waals surface area contributed by atoms with Crippen LogP contribution < -0.4 is 10.6 Å². The number of amides is 1. The average molecular weight is 304 g/mol. The van der Waals surface area contributed by atoms with Crippen molar-refractivity contribution in [2.24, 2.45) is 5.92 Å². The van der Waals surface area contributed by atoms with Crippen molar-refractivity contribution in [1.82, 2.24) is 25.5 Å². The highest BCUT2D eigenvalue weighted by atomic mass is 32.1. The van der Waals surface area contributed by atoms with Crippen LogP contribution in [0.4, 0.5) is 5.95 Å². The zero-order valence-electron chi connectivity index (χ0n) is 11.8. The van der Waals surface area contributed by atoms with Gasteiger partial charge in [-0.2, -0.15) is 4.80 Å². The molecule has 1 aromatic carbocycles. The van der Waals surface area contributed by atoms with Gasteiger partial charge in [-0.25, -0.2) is 0 Å². The van der Waals surface area contributed by atoms with Crippen molar-refractivity contribution >= 4 is 29.2 Å². The van der Waals surface area contributed by atoms with Gasteiger partial charge in [-0.1, -0.05) is 37.1 Å². The number of carbonyl (C=O) groups excluding carboxylic acids is 1. The second-order valence-corrected chi connectivity index (χ2v) is 5.24. The molecule has 0 spiro atoms. The molecule has 0 saturated heterocycles. The predicted molar refractivity (Wildman–Crippen MR) is 82.8 cm³/mol. The second-order valence-electron chi connectivity index (χ2n) is 4.84. The number of aromatic nitrogens is 4. The Morgan fingerprint density at radius 2 is 2.05 bits per heavy atom. The van der Waals surface area contributed by atoms with Gasteiger partial charge in [-0.15, -0.1) is 5.10 Å². The van der Waals surface area contributed by atoms with Crippen molar-refractivity contribution in [3.05, 3.63) is 35.9 Å². The molecule has 2 rings (SSSR count). The fourth-order valence-corrected chi connectivity index (χ4v) is 1.78. The molecule has 1 aromatic heterocycles. The third kappa shape index (κ3) is 4.60. The summed E-state index contributed by atoms with van der Waals surface area (Å²) in [5.74, 6) is 0.383. The van der Waals surface area contributed by atoms with Crippen LogP contribution in [0.3, 0.4) is 0 Å². The highest BCUT2D eigenvalue weighted by molar-refractivity contribution is 7.80. The van der Waals surface area contributed by atoms with E-state index in [1.165, 1.54) is 4.80 Å². The summed E-state index contributed by atoms with van der Waals surface area (Å²) in [6.45, 7) is 4.78. The summed E-state index contributed by atoms with van der Waals surface area (Å²) in [5.41, 5.74) is 0.526. The Morgan fingerprint density at radius 1 is 1.33 bits per heavy atom. The molecule has 0 fully saturated rings. The van der Waals surface area contributed by atoms with Gasteiger partial charge in [0.15, 0.2) is 5.11 Å². The minimum Gasteiger partial charge on any atom is -0.299 e.